The summed E-state index contributed by atoms with van der Waals surface area (Å²) in [5.74, 6) is -0.0954. The molecule has 0 aromatic heterocycles. The van der Waals surface area contributed by atoms with Crippen molar-refractivity contribution in [2.24, 2.45) is 0 Å². The Kier molecular flexibility index (Phi) is 4.02. The third-order valence-corrected chi connectivity index (χ3v) is 4.25. The zero-order chi connectivity index (χ0) is 16.4. The number of fused-ring (bicyclic) bond motifs is 1. The van der Waals surface area contributed by atoms with Crippen LogP contribution in [0.5, 0.6) is 5.75 Å². The number of hydrogen-bond acceptors (Lipinski definition) is 2. The number of rotatable bonds is 4. The number of aromatic carboxylic acids is 1. The average molecular weight is 306 g/mol. The summed E-state index contributed by atoms with van der Waals surface area (Å²) < 4.78 is 5.28. The summed E-state index contributed by atoms with van der Waals surface area (Å²) in [6.07, 6.45) is 0. The van der Waals surface area contributed by atoms with E-state index in [1.165, 1.54) is 0 Å². The SMILES string of the molecule is COc1ccc2c([C@@H](C)c3ccccc3C(=O)O)cccc2c1. The van der Waals surface area contributed by atoms with Crippen molar-refractivity contribution in [2.75, 3.05) is 7.11 Å². The molecule has 3 aromatic rings. The van der Waals surface area contributed by atoms with E-state index >= 15 is 0 Å². The molecule has 0 unspecified atom stereocenters. The van der Waals surface area contributed by atoms with E-state index < -0.39 is 5.97 Å². The minimum absolute atomic E-state index is 0.0144. The third-order valence-electron chi connectivity index (χ3n) is 4.25. The van der Waals surface area contributed by atoms with Crippen LogP contribution in [-0.4, -0.2) is 18.2 Å². The smallest absolute Gasteiger partial charge is 0.335 e. The summed E-state index contributed by atoms with van der Waals surface area (Å²) in [7, 11) is 1.65. The van der Waals surface area contributed by atoms with Crippen LogP contribution in [0.4, 0.5) is 0 Å². The van der Waals surface area contributed by atoms with E-state index in [0.717, 1.165) is 27.6 Å². The molecular weight excluding hydrogens is 288 g/mol. The van der Waals surface area contributed by atoms with Gasteiger partial charge >= 0.3 is 5.97 Å². The van der Waals surface area contributed by atoms with Gasteiger partial charge in [0.2, 0.25) is 0 Å². The highest BCUT2D eigenvalue weighted by Crippen LogP contribution is 2.33. The number of benzene rings is 3. The lowest BCUT2D eigenvalue weighted by Crippen LogP contribution is -2.06. The Morgan fingerprint density at radius 3 is 2.48 bits per heavy atom. The predicted octanol–water partition coefficient (Wildman–Crippen LogP) is 4.70. The number of methoxy groups -OCH3 is 1. The Labute approximate surface area is 135 Å². The highest BCUT2D eigenvalue weighted by atomic mass is 16.5. The summed E-state index contributed by atoms with van der Waals surface area (Å²) in [4.78, 5) is 11.5. The molecule has 0 saturated heterocycles. The topological polar surface area (TPSA) is 46.5 Å². The van der Waals surface area contributed by atoms with Gasteiger partial charge in [0.05, 0.1) is 12.7 Å². The molecule has 0 radical (unpaired) electrons. The average Bonchev–Trinajstić information content (AvgIpc) is 2.60. The second-order valence-electron chi connectivity index (χ2n) is 5.55. The molecule has 0 spiro atoms. The number of hydrogen-bond donors (Lipinski definition) is 1. The molecule has 3 heteroatoms. The molecule has 1 atom stereocenters. The fraction of sp³-hybridized carbons (Fsp3) is 0.150. The quantitative estimate of drug-likeness (QED) is 0.760. The van der Waals surface area contributed by atoms with Crippen molar-refractivity contribution in [3.63, 3.8) is 0 Å². The van der Waals surface area contributed by atoms with Crippen LogP contribution in [0.25, 0.3) is 10.8 Å². The Balaban J connectivity index is 2.15. The number of carboxylic acids is 1. The fourth-order valence-corrected chi connectivity index (χ4v) is 3.03. The second-order valence-corrected chi connectivity index (χ2v) is 5.55. The van der Waals surface area contributed by atoms with Gasteiger partial charge in [0, 0.05) is 5.92 Å². The Morgan fingerprint density at radius 1 is 1.00 bits per heavy atom. The molecule has 0 amide bonds. The second kappa shape index (κ2) is 6.13. The Bertz CT molecular complexity index is 868. The summed E-state index contributed by atoms with van der Waals surface area (Å²) in [5, 5.41) is 11.6. The fourth-order valence-electron chi connectivity index (χ4n) is 3.03. The first-order chi connectivity index (χ1) is 11.1. The summed E-state index contributed by atoms with van der Waals surface area (Å²) in [6, 6.07) is 19.2. The number of carbonyl (C=O) groups is 1. The van der Waals surface area contributed by atoms with Crippen LogP contribution in [0, 0.1) is 0 Å². The first-order valence-corrected chi connectivity index (χ1v) is 7.50. The minimum Gasteiger partial charge on any atom is -0.497 e. The number of carboxylic acid groups (broad SMARTS) is 1. The maximum Gasteiger partial charge on any atom is 0.335 e. The van der Waals surface area contributed by atoms with Gasteiger partial charge in [0.1, 0.15) is 5.75 Å². The molecule has 116 valence electrons. The van der Waals surface area contributed by atoms with Gasteiger partial charge < -0.3 is 9.84 Å². The lowest BCUT2D eigenvalue weighted by atomic mass is 9.87. The van der Waals surface area contributed by atoms with Gasteiger partial charge in [-0.2, -0.15) is 0 Å². The molecule has 0 saturated carbocycles. The van der Waals surface area contributed by atoms with Crippen molar-refractivity contribution in [1.82, 2.24) is 0 Å². The van der Waals surface area contributed by atoms with Crippen molar-refractivity contribution >= 4 is 16.7 Å². The Hall–Kier alpha value is -2.81. The first-order valence-electron chi connectivity index (χ1n) is 7.50. The van der Waals surface area contributed by atoms with Crippen molar-refractivity contribution in [3.8, 4) is 5.75 Å². The molecule has 1 N–H and O–H groups in total. The van der Waals surface area contributed by atoms with Crippen LogP contribution in [0.2, 0.25) is 0 Å². The summed E-state index contributed by atoms with van der Waals surface area (Å²) >= 11 is 0. The third kappa shape index (κ3) is 2.78. The van der Waals surface area contributed by atoms with Gasteiger partial charge in [-0.05, 0) is 40.1 Å². The van der Waals surface area contributed by atoms with Gasteiger partial charge in [0.25, 0.3) is 0 Å². The van der Waals surface area contributed by atoms with Crippen molar-refractivity contribution in [1.29, 1.82) is 0 Å². The largest absolute Gasteiger partial charge is 0.497 e. The molecule has 0 bridgehead atoms. The van der Waals surface area contributed by atoms with Crippen LogP contribution in [0.15, 0.2) is 60.7 Å². The Morgan fingerprint density at radius 2 is 1.74 bits per heavy atom. The van der Waals surface area contributed by atoms with E-state index in [0.29, 0.717) is 5.56 Å². The van der Waals surface area contributed by atoms with Crippen LogP contribution >= 0.6 is 0 Å². The standard InChI is InChI=1S/C20H18O3/c1-13(17-7-3-4-8-19(17)20(21)22)16-9-5-6-14-12-15(23-2)10-11-18(14)16/h3-13H,1-2H3,(H,21,22)/t13-/m1/s1. The van der Waals surface area contributed by atoms with Crippen molar-refractivity contribution < 1.29 is 14.6 Å². The highest BCUT2D eigenvalue weighted by molar-refractivity contribution is 5.91. The summed E-state index contributed by atoms with van der Waals surface area (Å²) in [6.45, 7) is 2.04. The maximum atomic E-state index is 11.5. The van der Waals surface area contributed by atoms with E-state index in [4.69, 9.17) is 4.74 Å². The lowest BCUT2D eigenvalue weighted by molar-refractivity contribution is 0.0695. The van der Waals surface area contributed by atoms with Gasteiger partial charge in [0.15, 0.2) is 0 Å². The maximum absolute atomic E-state index is 11.5. The van der Waals surface area contributed by atoms with E-state index in [2.05, 4.69) is 6.07 Å². The van der Waals surface area contributed by atoms with Gasteiger partial charge in [-0.25, -0.2) is 4.79 Å². The molecule has 0 fully saturated rings. The lowest BCUT2D eigenvalue weighted by Gasteiger charge is -2.17. The summed E-state index contributed by atoms with van der Waals surface area (Å²) in [5.41, 5.74) is 2.28. The van der Waals surface area contributed by atoms with E-state index in [1.807, 2.05) is 49.4 Å². The van der Waals surface area contributed by atoms with Crippen molar-refractivity contribution in [2.45, 2.75) is 12.8 Å². The zero-order valence-electron chi connectivity index (χ0n) is 13.1. The van der Waals surface area contributed by atoms with Crippen LogP contribution in [0.3, 0.4) is 0 Å². The van der Waals surface area contributed by atoms with E-state index in [1.54, 1.807) is 19.2 Å². The molecule has 3 aromatic carbocycles. The molecule has 0 aliphatic rings. The molecule has 23 heavy (non-hydrogen) atoms. The van der Waals surface area contributed by atoms with Gasteiger partial charge in [-0.3, -0.25) is 0 Å². The van der Waals surface area contributed by atoms with Crippen LogP contribution in [0.1, 0.15) is 34.3 Å². The molecule has 0 heterocycles. The molecule has 0 aliphatic carbocycles. The zero-order valence-corrected chi connectivity index (χ0v) is 13.1. The molecular formula is C20H18O3. The van der Waals surface area contributed by atoms with E-state index in [-0.39, 0.29) is 5.92 Å². The highest BCUT2D eigenvalue weighted by Gasteiger charge is 2.18. The van der Waals surface area contributed by atoms with Crippen LogP contribution < -0.4 is 4.74 Å². The number of ether oxygens (including phenoxy) is 1. The van der Waals surface area contributed by atoms with E-state index in [9.17, 15) is 9.90 Å². The van der Waals surface area contributed by atoms with Gasteiger partial charge in [-0.15, -0.1) is 0 Å². The molecule has 3 nitrogen and oxygen atoms in total. The van der Waals surface area contributed by atoms with Gasteiger partial charge in [-0.1, -0.05) is 49.4 Å². The molecule has 0 aliphatic heterocycles. The molecule has 3 rings (SSSR count). The monoisotopic (exact) mass is 306 g/mol. The van der Waals surface area contributed by atoms with Crippen LogP contribution in [-0.2, 0) is 0 Å². The normalized spacial score (nSPS) is 12.1. The predicted molar refractivity (Wildman–Crippen MR) is 91.4 cm³/mol. The first kappa shape index (κ1) is 15.1. The minimum atomic E-state index is -0.894. The van der Waals surface area contributed by atoms with Crippen molar-refractivity contribution in [3.05, 3.63) is 77.4 Å².